The lowest BCUT2D eigenvalue weighted by molar-refractivity contribution is 0.0693. The Morgan fingerprint density at radius 3 is 2.13 bits per heavy atom. The first-order chi connectivity index (χ1) is 14.8. The fourth-order valence-corrected chi connectivity index (χ4v) is 3.95. The highest BCUT2D eigenvalue weighted by Crippen LogP contribution is 2.23. The van der Waals surface area contributed by atoms with Gasteiger partial charge in [-0.15, -0.1) is 23.4 Å². The minimum atomic E-state index is -0.863. The summed E-state index contributed by atoms with van der Waals surface area (Å²) < 4.78 is 0. The maximum Gasteiger partial charge on any atom is 0.336 e. The Balaban J connectivity index is 0.00000131. The molecule has 0 atom stereocenters. The Bertz CT molecular complexity index is 712. The molecule has 1 N–H and O–H groups in total. The number of thioether (sulfide) groups is 1. The minimum absolute atomic E-state index is 0.383. The molecule has 0 heterocycles. The second-order valence-corrected chi connectivity index (χ2v) is 9.41. The van der Waals surface area contributed by atoms with Gasteiger partial charge in [0.25, 0.3) is 0 Å². The van der Waals surface area contributed by atoms with E-state index in [0.717, 1.165) is 42.2 Å². The fraction of sp³-hybridized carbons (Fsp3) is 0.519. The Labute approximate surface area is 199 Å². The summed E-state index contributed by atoms with van der Waals surface area (Å²) in [5.74, 6) is 0.769. The van der Waals surface area contributed by atoms with Gasteiger partial charge < -0.3 is 5.11 Å². The summed E-state index contributed by atoms with van der Waals surface area (Å²) in [6, 6.07) is 7.18. The monoisotopic (exact) mass is 464 g/mol. The number of benzene rings is 1. The second kappa shape index (κ2) is 19.3. The zero-order valence-corrected chi connectivity index (χ0v) is 21.6. The van der Waals surface area contributed by atoms with Crippen molar-refractivity contribution in [3.05, 3.63) is 64.8 Å². The van der Waals surface area contributed by atoms with Crippen LogP contribution in [-0.4, -0.2) is 22.7 Å². The molecular formula is C27H41ClO2S. The van der Waals surface area contributed by atoms with E-state index in [1.807, 2.05) is 12.1 Å². The fourth-order valence-electron chi connectivity index (χ4n) is 2.73. The molecule has 0 unspecified atom stereocenters. The summed E-state index contributed by atoms with van der Waals surface area (Å²) >= 11 is 6.96. The van der Waals surface area contributed by atoms with Gasteiger partial charge in [-0.1, -0.05) is 66.8 Å². The summed E-state index contributed by atoms with van der Waals surface area (Å²) in [7, 11) is 0. The van der Waals surface area contributed by atoms with Gasteiger partial charge in [-0.05, 0) is 71.9 Å². The standard InChI is InChI=1S/C22H30O2S.C5H11Cl/c1-17(2)9-7-10-18(3)11-8-12-19(4)15-16-25-21-14-6-5-13-20(21)22(23)24;1-2-3-4-5-6/h5-6,9,11,13-15H,7-8,10,12,16H2,1-4H3,(H,23,24);2-5H2,1H3. The number of alkyl halides is 1. The van der Waals surface area contributed by atoms with Crippen LogP contribution in [0.2, 0.25) is 0 Å². The molecule has 0 aliphatic heterocycles. The van der Waals surface area contributed by atoms with E-state index in [1.165, 1.54) is 36.0 Å². The number of halogens is 1. The van der Waals surface area contributed by atoms with E-state index < -0.39 is 5.97 Å². The topological polar surface area (TPSA) is 37.3 Å². The van der Waals surface area contributed by atoms with Gasteiger partial charge in [-0.25, -0.2) is 4.79 Å². The van der Waals surface area contributed by atoms with Gasteiger partial charge in [-0.2, -0.15) is 0 Å². The molecule has 0 saturated heterocycles. The van der Waals surface area contributed by atoms with Crippen LogP contribution in [0.25, 0.3) is 0 Å². The lowest BCUT2D eigenvalue weighted by Crippen LogP contribution is -1.98. The van der Waals surface area contributed by atoms with E-state index in [2.05, 4.69) is 52.8 Å². The van der Waals surface area contributed by atoms with Crippen molar-refractivity contribution in [3.63, 3.8) is 0 Å². The summed E-state index contributed by atoms with van der Waals surface area (Å²) in [6.07, 6.45) is 14.9. The molecule has 0 bridgehead atoms. The Hall–Kier alpha value is -1.45. The van der Waals surface area contributed by atoms with Gasteiger partial charge in [-0.3, -0.25) is 0 Å². The summed E-state index contributed by atoms with van der Waals surface area (Å²) in [5.41, 5.74) is 4.57. The molecule has 0 spiro atoms. The molecule has 1 rings (SSSR count). The molecule has 1 aromatic rings. The maximum atomic E-state index is 11.2. The predicted octanol–water partition coefficient (Wildman–Crippen LogP) is 9.31. The molecule has 0 amide bonds. The largest absolute Gasteiger partial charge is 0.478 e. The average molecular weight is 465 g/mol. The van der Waals surface area contributed by atoms with E-state index in [-0.39, 0.29) is 0 Å². The number of allylic oxidation sites excluding steroid dienone is 5. The highest BCUT2D eigenvalue weighted by molar-refractivity contribution is 7.99. The molecule has 0 fully saturated rings. The predicted molar refractivity (Wildman–Crippen MR) is 140 cm³/mol. The van der Waals surface area contributed by atoms with Crippen molar-refractivity contribution in [1.29, 1.82) is 0 Å². The third-order valence-electron chi connectivity index (χ3n) is 4.65. The minimum Gasteiger partial charge on any atom is -0.478 e. The van der Waals surface area contributed by atoms with Crippen LogP contribution in [0.3, 0.4) is 0 Å². The molecule has 2 nitrogen and oxygen atoms in total. The molecule has 31 heavy (non-hydrogen) atoms. The van der Waals surface area contributed by atoms with Crippen molar-refractivity contribution >= 4 is 29.3 Å². The number of aromatic carboxylic acids is 1. The van der Waals surface area contributed by atoms with Crippen molar-refractivity contribution < 1.29 is 9.90 Å². The molecular weight excluding hydrogens is 424 g/mol. The Morgan fingerprint density at radius 2 is 1.58 bits per heavy atom. The number of hydrogen-bond acceptors (Lipinski definition) is 2. The first-order valence-corrected chi connectivity index (χ1v) is 12.8. The normalized spacial score (nSPS) is 11.5. The van der Waals surface area contributed by atoms with Crippen LogP contribution in [0, 0.1) is 0 Å². The zero-order chi connectivity index (χ0) is 23.5. The number of carbonyl (C=O) groups is 1. The van der Waals surface area contributed by atoms with Crippen molar-refractivity contribution in [3.8, 4) is 0 Å². The van der Waals surface area contributed by atoms with Crippen LogP contribution in [-0.2, 0) is 0 Å². The van der Waals surface area contributed by atoms with Crippen LogP contribution in [0.5, 0.6) is 0 Å². The van der Waals surface area contributed by atoms with E-state index in [4.69, 9.17) is 11.6 Å². The Kier molecular flexibility index (Phi) is 18.4. The van der Waals surface area contributed by atoms with Crippen LogP contribution in [0.15, 0.2) is 64.1 Å². The van der Waals surface area contributed by atoms with Gasteiger partial charge in [0.05, 0.1) is 5.56 Å². The van der Waals surface area contributed by atoms with E-state index in [9.17, 15) is 9.90 Å². The maximum absolute atomic E-state index is 11.2. The van der Waals surface area contributed by atoms with Gasteiger partial charge in [0.2, 0.25) is 0 Å². The number of hydrogen-bond donors (Lipinski definition) is 1. The average Bonchev–Trinajstić information content (AvgIpc) is 2.72. The zero-order valence-electron chi connectivity index (χ0n) is 20.0. The molecule has 174 valence electrons. The van der Waals surface area contributed by atoms with Crippen LogP contribution in [0.4, 0.5) is 0 Å². The van der Waals surface area contributed by atoms with Crippen molar-refractivity contribution in [1.82, 2.24) is 0 Å². The van der Waals surface area contributed by atoms with Crippen LogP contribution >= 0.6 is 23.4 Å². The Morgan fingerprint density at radius 1 is 0.968 bits per heavy atom. The highest BCUT2D eigenvalue weighted by Gasteiger charge is 2.08. The first-order valence-electron chi connectivity index (χ1n) is 11.3. The number of carboxylic acid groups (broad SMARTS) is 1. The quantitative estimate of drug-likeness (QED) is 0.137. The van der Waals surface area contributed by atoms with Crippen LogP contribution in [0.1, 0.15) is 89.9 Å². The molecule has 0 aliphatic carbocycles. The van der Waals surface area contributed by atoms with Crippen LogP contribution < -0.4 is 0 Å². The summed E-state index contributed by atoms with van der Waals surface area (Å²) in [6.45, 7) is 10.8. The second-order valence-electron chi connectivity index (χ2n) is 7.97. The lowest BCUT2D eigenvalue weighted by Gasteiger charge is -2.04. The molecule has 0 radical (unpaired) electrons. The molecule has 0 saturated carbocycles. The van der Waals surface area contributed by atoms with E-state index >= 15 is 0 Å². The van der Waals surface area contributed by atoms with Crippen molar-refractivity contribution in [2.24, 2.45) is 0 Å². The molecule has 1 aromatic carbocycles. The van der Waals surface area contributed by atoms with Gasteiger partial charge in [0, 0.05) is 16.5 Å². The van der Waals surface area contributed by atoms with Gasteiger partial charge >= 0.3 is 5.97 Å². The highest BCUT2D eigenvalue weighted by atomic mass is 35.5. The molecule has 4 heteroatoms. The van der Waals surface area contributed by atoms with Gasteiger partial charge in [0.15, 0.2) is 0 Å². The van der Waals surface area contributed by atoms with E-state index in [0.29, 0.717) is 5.56 Å². The summed E-state index contributed by atoms with van der Waals surface area (Å²) in [4.78, 5) is 12.0. The molecule has 0 aromatic heterocycles. The smallest absolute Gasteiger partial charge is 0.336 e. The third-order valence-corrected chi connectivity index (χ3v) is 5.92. The summed E-state index contributed by atoms with van der Waals surface area (Å²) in [5, 5.41) is 9.20. The number of unbranched alkanes of at least 4 members (excludes halogenated alkanes) is 2. The SMILES string of the molecule is CC(C)=CCCC(C)=CCCC(C)=CCSc1ccccc1C(=O)O.CCCCCCl. The number of rotatable bonds is 13. The first kappa shape index (κ1) is 29.5. The van der Waals surface area contributed by atoms with E-state index in [1.54, 1.807) is 23.9 Å². The number of carboxylic acids is 1. The van der Waals surface area contributed by atoms with Crippen molar-refractivity contribution in [2.45, 2.75) is 84.5 Å². The van der Waals surface area contributed by atoms with Gasteiger partial charge in [0.1, 0.15) is 0 Å². The molecule has 0 aliphatic rings. The third kappa shape index (κ3) is 16.9. The lowest BCUT2D eigenvalue weighted by atomic mass is 10.1. The van der Waals surface area contributed by atoms with Crippen molar-refractivity contribution in [2.75, 3.05) is 11.6 Å².